The third-order valence-corrected chi connectivity index (χ3v) is 4.30. The lowest BCUT2D eigenvalue weighted by Crippen LogP contribution is -2.41. The van der Waals surface area contributed by atoms with Crippen LogP contribution in [0, 0.1) is 11.8 Å². The molecule has 2 amide bonds. The van der Waals surface area contributed by atoms with Gasteiger partial charge in [-0.05, 0) is 43.2 Å². The highest BCUT2D eigenvalue weighted by Gasteiger charge is 2.40. The van der Waals surface area contributed by atoms with Gasteiger partial charge >= 0.3 is 12.0 Å². The third kappa shape index (κ3) is 2.59. The van der Waals surface area contributed by atoms with E-state index < -0.39 is 5.97 Å². The number of hydrogen-bond acceptors (Lipinski definition) is 3. The average molecular weight is 275 g/mol. The summed E-state index contributed by atoms with van der Waals surface area (Å²) >= 11 is 0. The van der Waals surface area contributed by atoms with Gasteiger partial charge in [-0.25, -0.2) is 14.6 Å². The first-order chi connectivity index (χ1) is 9.61. The van der Waals surface area contributed by atoms with Crippen molar-refractivity contribution in [2.75, 3.05) is 5.32 Å². The van der Waals surface area contributed by atoms with E-state index in [9.17, 15) is 9.59 Å². The van der Waals surface area contributed by atoms with Crippen LogP contribution in [0.4, 0.5) is 10.5 Å². The van der Waals surface area contributed by atoms with Crippen LogP contribution in [0.1, 0.15) is 36.2 Å². The molecular formula is C14H17N3O3. The quantitative estimate of drug-likeness (QED) is 0.787. The molecule has 2 saturated carbocycles. The van der Waals surface area contributed by atoms with Crippen molar-refractivity contribution < 1.29 is 14.7 Å². The smallest absolute Gasteiger partial charge is 0.354 e. The lowest BCUT2D eigenvalue weighted by atomic mass is 9.95. The monoisotopic (exact) mass is 275 g/mol. The molecule has 2 aliphatic carbocycles. The normalized spacial score (nSPS) is 27.3. The van der Waals surface area contributed by atoms with Gasteiger partial charge in [0.25, 0.3) is 0 Å². The van der Waals surface area contributed by atoms with Gasteiger partial charge in [-0.2, -0.15) is 0 Å². The van der Waals surface area contributed by atoms with E-state index in [2.05, 4.69) is 15.6 Å². The van der Waals surface area contributed by atoms with Gasteiger partial charge in [-0.15, -0.1) is 0 Å². The highest BCUT2D eigenvalue weighted by molar-refractivity contribution is 5.90. The summed E-state index contributed by atoms with van der Waals surface area (Å²) in [4.78, 5) is 26.3. The Morgan fingerprint density at radius 2 is 2.10 bits per heavy atom. The second kappa shape index (κ2) is 5.11. The van der Waals surface area contributed by atoms with Crippen molar-refractivity contribution in [2.24, 2.45) is 11.8 Å². The number of carboxylic acid groups (broad SMARTS) is 1. The summed E-state index contributed by atoms with van der Waals surface area (Å²) in [6, 6.07) is 2.94. The summed E-state index contributed by atoms with van der Waals surface area (Å²) in [5.74, 6) is 0.322. The molecule has 0 aliphatic heterocycles. The lowest BCUT2D eigenvalue weighted by Gasteiger charge is -2.22. The van der Waals surface area contributed by atoms with Crippen LogP contribution in [0.2, 0.25) is 0 Å². The van der Waals surface area contributed by atoms with E-state index in [1.807, 2.05) is 0 Å². The first kappa shape index (κ1) is 12.9. The van der Waals surface area contributed by atoms with Gasteiger partial charge in [-0.3, -0.25) is 0 Å². The fourth-order valence-electron chi connectivity index (χ4n) is 3.35. The van der Waals surface area contributed by atoms with Crippen molar-refractivity contribution in [3.63, 3.8) is 0 Å². The molecule has 106 valence electrons. The molecule has 0 radical (unpaired) electrons. The number of urea groups is 1. The lowest BCUT2D eigenvalue weighted by molar-refractivity contribution is 0.0690. The van der Waals surface area contributed by atoms with Crippen molar-refractivity contribution in [2.45, 2.75) is 31.7 Å². The number of nitrogens with one attached hydrogen (secondary N) is 2. The SMILES string of the molecule is O=C(Nc1ccc(C(=O)O)nc1)NC1CC2CCC1C2. The van der Waals surface area contributed by atoms with Gasteiger partial charge in [0, 0.05) is 6.04 Å². The number of aromatic carboxylic acids is 1. The van der Waals surface area contributed by atoms with Crippen molar-refractivity contribution >= 4 is 17.7 Å². The van der Waals surface area contributed by atoms with Crippen LogP contribution in [0.3, 0.4) is 0 Å². The van der Waals surface area contributed by atoms with Gasteiger partial charge in [0.2, 0.25) is 0 Å². The Kier molecular flexibility index (Phi) is 3.30. The summed E-state index contributed by atoms with van der Waals surface area (Å²) < 4.78 is 0. The molecule has 2 fully saturated rings. The number of rotatable bonds is 3. The second-order valence-corrected chi connectivity index (χ2v) is 5.62. The Morgan fingerprint density at radius 1 is 1.25 bits per heavy atom. The molecule has 20 heavy (non-hydrogen) atoms. The van der Waals surface area contributed by atoms with Gasteiger partial charge in [0.15, 0.2) is 0 Å². The highest BCUT2D eigenvalue weighted by atomic mass is 16.4. The Balaban J connectivity index is 1.55. The van der Waals surface area contributed by atoms with Gasteiger partial charge in [0.05, 0.1) is 11.9 Å². The molecule has 0 aromatic carbocycles. The van der Waals surface area contributed by atoms with E-state index in [0.717, 1.165) is 12.3 Å². The second-order valence-electron chi connectivity index (χ2n) is 5.62. The van der Waals surface area contributed by atoms with Crippen molar-refractivity contribution in [1.82, 2.24) is 10.3 Å². The first-order valence-corrected chi connectivity index (χ1v) is 6.88. The molecule has 6 heteroatoms. The molecule has 3 rings (SSSR count). The van der Waals surface area contributed by atoms with Gasteiger partial charge < -0.3 is 15.7 Å². The topological polar surface area (TPSA) is 91.3 Å². The zero-order valence-corrected chi connectivity index (χ0v) is 11.0. The zero-order chi connectivity index (χ0) is 14.1. The fraction of sp³-hybridized carbons (Fsp3) is 0.500. The maximum atomic E-state index is 11.9. The van der Waals surface area contributed by atoms with E-state index in [4.69, 9.17) is 5.11 Å². The predicted octanol–water partition coefficient (Wildman–Crippen LogP) is 2.09. The van der Waals surface area contributed by atoms with E-state index in [-0.39, 0.29) is 17.8 Å². The van der Waals surface area contributed by atoms with Crippen molar-refractivity contribution in [3.05, 3.63) is 24.0 Å². The Labute approximate surface area is 116 Å². The minimum atomic E-state index is -1.08. The van der Waals surface area contributed by atoms with E-state index in [1.165, 1.54) is 37.6 Å². The Hall–Kier alpha value is -2.11. The molecule has 3 unspecified atom stereocenters. The Bertz CT molecular complexity index is 529. The minimum Gasteiger partial charge on any atom is -0.477 e. The number of amides is 2. The summed E-state index contributed by atoms with van der Waals surface area (Å²) in [5, 5.41) is 14.4. The Morgan fingerprint density at radius 3 is 2.65 bits per heavy atom. The maximum absolute atomic E-state index is 11.9. The third-order valence-electron chi connectivity index (χ3n) is 4.30. The number of nitrogens with zero attached hydrogens (tertiary/aromatic N) is 1. The van der Waals surface area contributed by atoms with Crippen LogP contribution in [-0.4, -0.2) is 28.1 Å². The first-order valence-electron chi connectivity index (χ1n) is 6.88. The molecule has 3 atom stereocenters. The largest absolute Gasteiger partial charge is 0.477 e. The highest BCUT2D eigenvalue weighted by Crippen LogP contribution is 2.44. The summed E-state index contributed by atoms with van der Waals surface area (Å²) in [6.07, 6.45) is 6.17. The number of hydrogen-bond donors (Lipinski definition) is 3. The fourth-order valence-corrected chi connectivity index (χ4v) is 3.35. The predicted molar refractivity (Wildman–Crippen MR) is 72.6 cm³/mol. The van der Waals surface area contributed by atoms with Crippen molar-refractivity contribution in [1.29, 1.82) is 0 Å². The van der Waals surface area contributed by atoms with Crippen LogP contribution in [0.5, 0.6) is 0 Å². The summed E-state index contributed by atoms with van der Waals surface area (Å²) in [5.41, 5.74) is 0.458. The number of carbonyl (C=O) groups is 2. The standard InChI is InChI=1S/C14H17N3O3/c18-13(19)11-4-3-10(7-15-11)16-14(20)17-12-6-8-1-2-9(12)5-8/h3-4,7-9,12H,1-2,5-6H2,(H,18,19)(H2,16,17,20). The molecule has 3 N–H and O–H groups in total. The maximum Gasteiger partial charge on any atom is 0.354 e. The van der Waals surface area contributed by atoms with Crippen LogP contribution in [-0.2, 0) is 0 Å². The van der Waals surface area contributed by atoms with Crippen LogP contribution in [0.25, 0.3) is 0 Å². The molecule has 1 aromatic heterocycles. The number of carboxylic acids is 1. The van der Waals surface area contributed by atoms with E-state index in [0.29, 0.717) is 11.6 Å². The molecule has 0 saturated heterocycles. The average Bonchev–Trinajstić information content (AvgIpc) is 3.01. The molecule has 2 aliphatic rings. The van der Waals surface area contributed by atoms with Crippen LogP contribution < -0.4 is 10.6 Å². The summed E-state index contributed by atoms with van der Waals surface area (Å²) in [7, 11) is 0. The molecule has 0 spiro atoms. The number of aromatic nitrogens is 1. The van der Waals surface area contributed by atoms with Crippen molar-refractivity contribution in [3.8, 4) is 0 Å². The number of pyridine rings is 1. The molecule has 1 aromatic rings. The van der Waals surface area contributed by atoms with Crippen LogP contribution >= 0.6 is 0 Å². The number of anilines is 1. The number of fused-ring (bicyclic) bond motifs is 2. The van der Waals surface area contributed by atoms with Crippen LogP contribution in [0.15, 0.2) is 18.3 Å². The van der Waals surface area contributed by atoms with Gasteiger partial charge in [0.1, 0.15) is 5.69 Å². The molecule has 6 nitrogen and oxygen atoms in total. The zero-order valence-electron chi connectivity index (χ0n) is 11.0. The van der Waals surface area contributed by atoms with E-state index in [1.54, 1.807) is 0 Å². The summed E-state index contributed by atoms with van der Waals surface area (Å²) in [6.45, 7) is 0. The minimum absolute atomic E-state index is 0.0379. The van der Waals surface area contributed by atoms with E-state index >= 15 is 0 Å². The number of carbonyl (C=O) groups excluding carboxylic acids is 1. The molecular weight excluding hydrogens is 258 g/mol. The van der Waals surface area contributed by atoms with Gasteiger partial charge in [-0.1, -0.05) is 6.42 Å². The molecule has 2 bridgehead atoms. The molecule has 1 heterocycles.